The molecule has 0 aliphatic heterocycles. The Kier molecular flexibility index (Phi) is 6.89. The summed E-state index contributed by atoms with van der Waals surface area (Å²) in [4.78, 5) is 12.0. The fourth-order valence-electron chi connectivity index (χ4n) is 1.64. The van der Waals surface area contributed by atoms with Crippen LogP contribution in [0.4, 0.5) is 0 Å². The van der Waals surface area contributed by atoms with Crippen LogP contribution in [0.15, 0.2) is 24.3 Å². The van der Waals surface area contributed by atoms with Crippen LogP contribution >= 0.6 is 11.8 Å². The number of nitrogens with one attached hydrogen (secondary N) is 1. The largest absolute Gasteiger partial charge is 0.493 e. The molecule has 21 heavy (non-hydrogen) atoms. The first-order valence-electron chi connectivity index (χ1n) is 7.05. The normalized spacial score (nSPS) is 12.6. The number of para-hydroxylation sites is 2. The van der Waals surface area contributed by atoms with Gasteiger partial charge < -0.3 is 14.8 Å². The molecule has 1 rings (SSSR count). The first kappa shape index (κ1) is 17.7. The van der Waals surface area contributed by atoms with Crippen molar-refractivity contribution >= 4 is 17.7 Å². The maximum Gasteiger partial charge on any atom is 0.260 e. The molecule has 1 amide bonds. The summed E-state index contributed by atoms with van der Waals surface area (Å²) in [6.45, 7) is 8.85. The van der Waals surface area contributed by atoms with E-state index in [0.29, 0.717) is 18.0 Å². The average molecular weight is 311 g/mol. The molecule has 0 unspecified atom stereocenters. The monoisotopic (exact) mass is 311 g/mol. The molecule has 0 radical (unpaired) electrons. The van der Waals surface area contributed by atoms with Crippen LogP contribution in [0.5, 0.6) is 11.5 Å². The maximum absolute atomic E-state index is 12.0. The number of amides is 1. The van der Waals surface area contributed by atoms with Gasteiger partial charge in [0, 0.05) is 17.0 Å². The highest BCUT2D eigenvalue weighted by Gasteiger charge is 2.16. The zero-order valence-electron chi connectivity index (χ0n) is 13.4. The van der Waals surface area contributed by atoms with Gasteiger partial charge in [-0.2, -0.15) is 11.8 Å². The van der Waals surface area contributed by atoms with Crippen molar-refractivity contribution in [2.45, 2.75) is 38.5 Å². The fraction of sp³-hybridized carbons (Fsp3) is 0.562. The van der Waals surface area contributed by atoms with E-state index in [4.69, 9.17) is 9.47 Å². The van der Waals surface area contributed by atoms with Gasteiger partial charge in [-0.15, -0.1) is 0 Å². The van der Waals surface area contributed by atoms with Crippen LogP contribution in [0, 0.1) is 0 Å². The summed E-state index contributed by atoms with van der Waals surface area (Å²) >= 11 is 1.82. The second kappa shape index (κ2) is 8.17. The van der Waals surface area contributed by atoms with Crippen LogP contribution in [0.2, 0.25) is 0 Å². The maximum atomic E-state index is 12.0. The molecule has 0 saturated heterocycles. The third-order valence-corrected chi connectivity index (χ3v) is 3.95. The zero-order chi connectivity index (χ0) is 15.9. The van der Waals surface area contributed by atoms with E-state index in [1.165, 1.54) is 0 Å². The third-order valence-electron chi connectivity index (χ3n) is 2.68. The summed E-state index contributed by atoms with van der Waals surface area (Å²) in [5.41, 5.74) is 0. The van der Waals surface area contributed by atoms with Gasteiger partial charge in [-0.25, -0.2) is 0 Å². The second-order valence-corrected chi connectivity index (χ2v) is 7.58. The van der Waals surface area contributed by atoms with Crippen LogP contribution in [-0.2, 0) is 4.79 Å². The number of hydrogen-bond acceptors (Lipinski definition) is 4. The lowest BCUT2D eigenvalue weighted by molar-refractivity contribution is -0.127. The summed E-state index contributed by atoms with van der Waals surface area (Å²) in [7, 11) is 1.58. The van der Waals surface area contributed by atoms with Gasteiger partial charge >= 0.3 is 0 Å². The standard InChI is InChI=1S/C16H25NO3S/c1-12(15(18)17-10-11-21-16(2,3)4)20-14-9-7-6-8-13(14)19-5/h6-9,12H,10-11H2,1-5H3,(H,17,18)/t12-/m1/s1. The Hall–Kier alpha value is -1.36. The summed E-state index contributed by atoms with van der Waals surface area (Å²) in [5, 5.41) is 2.89. The second-order valence-electron chi connectivity index (χ2n) is 5.66. The Morgan fingerprint density at radius 1 is 1.29 bits per heavy atom. The number of ether oxygens (including phenoxy) is 2. The van der Waals surface area contributed by atoms with Crippen molar-refractivity contribution < 1.29 is 14.3 Å². The van der Waals surface area contributed by atoms with E-state index in [1.54, 1.807) is 26.2 Å². The van der Waals surface area contributed by atoms with Crippen LogP contribution in [0.1, 0.15) is 27.7 Å². The molecule has 1 N–H and O–H groups in total. The quantitative estimate of drug-likeness (QED) is 0.786. The Balaban J connectivity index is 2.41. The molecule has 118 valence electrons. The Labute approximate surface area is 131 Å². The lowest BCUT2D eigenvalue weighted by Gasteiger charge is -2.19. The van der Waals surface area contributed by atoms with Crippen LogP contribution < -0.4 is 14.8 Å². The van der Waals surface area contributed by atoms with Gasteiger partial charge in [0.05, 0.1) is 7.11 Å². The highest BCUT2D eigenvalue weighted by molar-refractivity contribution is 8.00. The predicted octanol–water partition coefficient (Wildman–Crippen LogP) is 3.11. The highest BCUT2D eigenvalue weighted by Crippen LogP contribution is 2.26. The Morgan fingerprint density at radius 2 is 1.90 bits per heavy atom. The van der Waals surface area contributed by atoms with E-state index in [2.05, 4.69) is 26.1 Å². The molecule has 0 bridgehead atoms. The number of rotatable bonds is 7. The molecule has 1 aromatic rings. The molecule has 1 aromatic carbocycles. The van der Waals surface area contributed by atoms with Gasteiger partial charge in [0.1, 0.15) is 0 Å². The van der Waals surface area contributed by atoms with Crippen LogP contribution in [0.3, 0.4) is 0 Å². The number of hydrogen-bond donors (Lipinski definition) is 1. The van der Waals surface area contributed by atoms with Crippen molar-refractivity contribution in [2.24, 2.45) is 0 Å². The van der Waals surface area contributed by atoms with Crippen molar-refractivity contribution in [2.75, 3.05) is 19.4 Å². The minimum absolute atomic E-state index is 0.115. The molecule has 4 nitrogen and oxygen atoms in total. The highest BCUT2D eigenvalue weighted by atomic mass is 32.2. The molecule has 1 atom stereocenters. The number of thioether (sulfide) groups is 1. The fourth-order valence-corrected chi connectivity index (χ4v) is 2.45. The van der Waals surface area contributed by atoms with Gasteiger partial charge in [-0.3, -0.25) is 4.79 Å². The molecular formula is C16H25NO3S. The molecule has 0 saturated carbocycles. The lowest BCUT2D eigenvalue weighted by atomic mass is 10.3. The minimum atomic E-state index is -0.555. The first-order chi connectivity index (χ1) is 9.83. The van der Waals surface area contributed by atoms with Crippen molar-refractivity contribution in [1.82, 2.24) is 5.32 Å². The topological polar surface area (TPSA) is 47.6 Å². The van der Waals surface area contributed by atoms with Gasteiger partial charge in [0.2, 0.25) is 0 Å². The molecule has 0 aliphatic rings. The molecule has 0 fully saturated rings. The average Bonchev–Trinajstić information content (AvgIpc) is 2.42. The minimum Gasteiger partial charge on any atom is -0.493 e. The summed E-state index contributed by atoms with van der Waals surface area (Å²) in [5.74, 6) is 1.97. The predicted molar refractivity (Wildman–Crippen MR) is 88.3 cm³/mol. The smallest absolute Gasteiger partial charge is 0.260 e. The molecule has 0 aromatic heterocycles. The van der Waals surface area contributed by atoms with E-state index in [0.717, 1.165) is 5.75 Å². The van der Waals surface area contributed by atoms with E-state index < -0.39 is 6.10 Å². The first-order valence-corrected chi connectivity index (χ1v) is 8.03. The van der Waals surface area contributed by atoms with Crippen molar-refractivity contribution in [3.05, 3.63) is 24.3 Å². The van der Waals surface area contributed by atoms with Gasteiger partial charge in [-0.1, -0.05) is 32.9 Å². The van der Waals surface area contributed by atoms with Crippen LogP contribution in [-0.4, -0.2) is 36.2 Å². The Morgan fingerprint density at radius 3 is 2.48 bits per heavy atom. The third kappa shape index (κ3) is 6.76. The summed E-state index contributed by atoms with van der Waals surface area (Å²) < 4.78 is 11.1. The summed E-state index contributed by atoms with van der Waals surface area (Å²) in [6, 6.07) is 7.31. The van der Waals surface area contributed by atoms with E-state index in [9.17, 15) is 4.79 Å². The summed E-state index contributed by atoms with van der Waals surface area (Å²) in [6.07, 6.45) is -0.555. The van der Waals surface area contributed by atoms with Crippen molar-refractivity contribution in [3.8, 4) is 11.5 Å². The van der Waals surface area contributed by atoms with Crippen LogP contribution in [0.25, 0.3) is 0 Å². The number of carbonyl (C=O) groups excluding carboxylic acids is 1. The van der Waals surface area contributed by atoms with Gasteiger partial charge in [0.15, 0.2) is 17.6 Å². The van der Waals surface area contributed by atoms with Gasteiger partial charge in [0.25, 0.3) is 5.91 Å². The van der Waals surface area contributed by atoms with Crippen molar-refractivity contribution in [3.63, 3.8) is 0 Å². The lowest BCUT2D eigenvalue weighted by Crippen LogP contribution is -2.37. The molecule has 0 spiro atoms. The number of carbonyl (C=O) groups is 1. The molecule has 0 heterocycles. The van der Waals surface area contributed by atoms with E-state index in [-0.39, 0.29) is 10.7 Å². The molecule has 5 heteroatoms. The van der Waals surface area contributed by atoms with E-state index in [1.807, 2.05) is 23.9 Å². The molecular weight excluding hydrogens is 286 g/mol. The van der Waals surface area contributed by atoms with Crippen molar-refractivity contribution in [1.29, 1.82) is 0 Å². The number of benzene rings is 1. The SMILES string of the molecule is COc1ccccc1O[C@H](C)C(=O)NCCSC(C)(C)C. The number of methoxy groups -OCH3 is 1. The molecule has 0 aliphatic carbocycles. The zero-order valence-corrected chi connectivity index (χ0v) is 14.3. The van der Waals surface area contributed by atoms with Gasteiger partial charge in [-0.05, 0) is 19.1 Å². The Bertz CT molecular complexity index is 457. The van der Waals surface area contributed by atoms with E-state index >= 15 is 0 Å².